The van der Waals surface area contributed by atoms with Gasteiger partial charge in [0.1, 0.15) is 6.04 Å². The van der Waals surface area contributed by atoms with Crippen LogP contribution in [0.5, 0.6) is 0 Å². The predicted octanol–water partition coefficient (Wildman–Crippen LogP) is -0.269. The van der Waals surface area contributed by atoms with Crippen molar-refractivity contribution in [3.63, 3.8) is 0 Å². The standard InChI is InChI=1S/C11H16N2O4/c14-9-6-8(10(15)12-9)13-5-3-1-2-4-7(13)11(16)17/h7-8H,1-6H2,(H,16,17)(H,12,14,15). The Morgan fingerprint density at radius 1 is 1.29 bits per heavy atom. The van der Waals surface area contributed by atoms with Crippen molar-refractivity contribution in [2.45, 2.75) is 44.2 Å². The van der Waals surface area contributed by atoms with Gasteiger partial charge in [-0.25, -0.2) is 0 Å². The number of rotatable bonds is 2. The summed E-state index contributed by atoms with van der Waals surface area (Å²) in [7, 11) is 0. The molecule has 6 heteroatoms. The lowest BCUT2D eigenvalue weighted by molar-refractivity contribution is -0.145. The van der Waals surface area contributed by atoms with Crippen LogP contribution in [0.15, 0.2) is 0 Å². The first-order valence-corrected chi connectivity index (χ1v) is 5.92. The van der Waals surface area contributed by atoms with E-state index in [1.54, 1.807) is 4.90 Å². The molecule has 0 aromatic rings. The number of imide groups is 1. The first-order chi connectivity index (χ1) is 8.09. The van der Waals surface area contributed by atoms with Gasteiger partial charge in [-0.15, -0.1) is 0 Å². The van der Waals surface area contributed by atoms with Gasteiger partial charge in [-0.05, 0) is 19.4 Å². The molecular formula is C11H16N2O4. The van der Waals surface area contributed by atoms with Crippen LogP contribution in [0.1, 0.15) is 32.1 Å². The topological polar surface area (TPSA) is 86.7 Å². The fourth-order valence-corrected chi connectivity index (χ4v) is 2.58. The summed E-state index contributed by atoms with van der Waals surface area (Å²) < 4.78 is 0. The highest BCUT2D eigenvalue weighted by molar-refractivity contribution is 6.05. The molecule has 2 fully saturated rings. The third-order valence-corrected chi connectivity index (χ3v) is 3.42. The average Bonchev–Trinajstić information content (AvgIpc) is 2.51. The van der Waals surface area contributed by atoms with Crippen LogP contribution in [-0.2, 0) is 14.4 Å². The Morgan fingerprint density at radius 3 is 2.65 bits per heavy atom. The van der Waals surface area contributed by atoms with E-state index in [0.717, 1.165) is 19.3 Å². The molecule has 0 aromatic carbocycles. The van der Waals surface area contributed by atoms with E-state index in [1.807, 2.05) is 0 Å². The minimum absolute atomic E-state index is 0.0859. The molecule has 2 aliphatic heterocycles. The lowest BCUT2D eigenvalue weighted by Crippen LogP contribution is -2.49. The number of carboxylic acids is 1. The van der Waals surface area contributed by atoms with Crippen LogP contribution in [-0.4, -0.2) is 46.4 Å². The van der Waals surface area contributed by atoms with Crippen LogP contribution in [0, 0.1) is 0 Å². The van der Waals surface area contributed by atoms with Gasteiger partial charge in [-0.2, -0.15) is 0 Å². The lowest BCUT2D eigenvalue weighted by Gasteiger charge is -2.30. The van der Waals surface area contributed by atoms with E-state index in [2.05, 4.69) is 5.32 Å². The molecule has 2 unspecified atom stereocenters. The zero-order valence-electron chi connectivity index (χ0n) is 9.52. The number of carboxylic acid groups (broad SMARTS) is 1. The van der Waals surface area contributed by atoms with Gasteiger partial charge in [-0.3, -0.25) is 24.6 Å². The predicted molar refractivity (Wildman–Crippen MR) is 58.2 cm³/mol. The van der Waals surface area contributed by atoms with Crippen molar-refractivity contribution < 1.29 is 19.5 Å². The van der Waals surface area contributed by atoms with Gasteiger partial charge in [0.2, 0.25) is 11.8 Å². The van der Waals surface area contributed by atoms with E-state index in [0.29, 0.717) is 13.0 Å². The summed E-state index contributed by atoms with van der Waals surface area (Å²) in [6.45, 7) is 0.572. The smallest absolute Gasteiger partial charge is 0.320 e. The SMILES string of the molecule is O=C1CC(N2CCCCCC2C(=O)O)C(=O)N1. The Hall–Kier alpha value is -1.43. The third kappa shape index (κ3) is 2.46. The molecule has 0 aliphatic carbocycles. The number of carbonyl (C=O) groups is 3. The molecule has 2 atom stereocenters. The molecule has 0 aromatic heterocycles. The zero-order chi connectivity index (χ0) is 12.4. The quantitative estimate of drug-likeness (QED) is 0.649. The number of likely N-dealkylation sites (tertiary alicyclic amines) is 1. The highest BCUT2D eigenvalue weighted by atomic mass is 16.4. The Labute approximate surface area is 99.0 Å². The molecule has 6 nitrogen and oxygen atoms in total. The maximum atomic E-state index is 11.6. The molecular weight excluding hydrogens is 224 g/mol. The van der Waals surface area contributed by atoms with Crippen molar-refractivity contribution in [2.24, 2.45) is 0 Å². The summed E-state index contributed by atoms with van der Waals surface area (Å²) in [5, 5.41) is 11.4. The molecule has 2 amide bonds. The van der Waals surface area contributed by atoms with Crippen molar-refractivity contribution in [1.82, 2.24) is 10.2 Å². The van der Waals surface area contributed by atoms with Crippen molar-refractivity contribution in [3.05, 3.63) is 0 Å². The lowest BCUT2D eigenvalue weighted by atomic mass is 10.1. The first-order valence-electron chi connectivity index (χ1n) is 5.92. The minimum Gasteiger partial charge on any atom is -0.480 e. The van der Waals surface area contributed by atoms with Crippen molar-refractivity contribution >= 4 is 17.8 Å². The van der Waals surface area contributed by atoms with E-state index in [-0.39, 0.29) is 18.2 Å². The van der Waals surface area contributed by atoms with Crippen molar-refractivity contribution in [3.8, 4) is 0 Å². The molecule has 2 aliphatic rings. The molecule has 0 radical (unpaired) electrons. The maximum Gasteiger partial charge on any atom is 0.320 e. The van der Waals surface area contributed by atoms with Crippen LogP contribution < -0.4 is 5.32 Å². The van der Waals surface area contributed by atoms with E-state index < -0.39 is 18.1 Å². The van der Waals surface area contributed by atoms with E-state index >= 15 is 0 Å². The highest BCUT2D eigenvalue weighted by Crippen LogP contribution is 2.22. The van der Waals surface area contributed by atoms with E-state index in [4.69, 9.17) is 0 Å². The van der Waals surface area contributed by atoms with Gasteiger partial charge in [0.15, 0.2) is 0 Å². The molecule has 17 heavy (non-hydrogen) atoms. The summed E-state index contributed by atoms with van der Waals surface area (Å²) in [6, 6.07) is -1.24. The van der Waals surface area contributed by atoms with Crippen LogP contribution in [0.3, 0.4) is 0 Å². The van der Waals surface area contributed by atoms with Crippen molar-refractivity contribution in [2.75, 3.05) is 6.54 Å². The van der Waals surface area contributed by atoms with Crippen LogP contribution in [0.4, 0.5) is 0 Å². The van der Waals surface area contributed by atoms with Gasteiger partial charge < -0.3 is 5.11 Å². The maximum absolute atomic E-state index is 11.6. The van der Waals surface area contributed by atoms with Gasteiger partial charge in [0.05, 0.1) is 12.5 Å². The van der Waals surface area contributed by atoms with Gasteiger partial charge in [0, 0.05) is 0 Å². The molecule has 2 N–H and O–H groups in total. The van der Waals surface area contributed by atoms with Gasteiger partial charge in [-0.1, -0.05) is 12.8 Å². The molecule has 94 valence electrons. The molecule has 0 bridgehead atoms. The Morgan fingerprint density at radius 2 is 2.06 bits per heavy atom. The number of carbonyl (C=O) groups excluding carboxylic acids is 2. The van der Waals surface area contributed by atoms with Crippen LogP contribution in [0.25, 0.3) is 0 Å². The second-order valence-corrected chi connectivity index (χ2v) is 4.57. The van der Waals surface area contributed by atoms with E-state index in [9.17, 15) is 19.5 Å². The monoisotopic (exact) mass is 240 g/mol. The number of hydrogen-bond acceptors (Lipinski definition) is 4. The normalized spacial score (nSPS) is 31.1. The molecule has 2 rings (SSSR count). The summed E-state index contributed by atoms with van der Waals surface area (Å²) in [5.41, 5.74) is 0. The van der Waals surface area contributed by atoms with E-state index in [1.165, 1.54) is 0 Å². The highest BCUT2D eigenvalue weighted by Gasteiger charge is 2.40. The zero-order valence-corrected chi connectivity index (χ0v) is 9.52. The van der Waals surface area contributed by atoms with Gasteiger partial charge >= 0.3 is 5.97 Å². The number of nitrogens with one attached hydrogen (secondary N) is 1. The average molecular weight is 240 g/mol. The number of amides is 2. The fraction of sp³-hybridized carbons (Fsp3) is 0.727. The molecule has 0 spiro atoms. The largest absolute Gasteiger partial charge is 0.480 e. The number of nitrogens with zero attached hydrogens (tertiary/aromatic N) is 1. The third-order valence-electron chi connectivity index (χ3n) is 3.42. The second kappa shape index (κ2) is 4.83. The summed E-state index contributed by atoms with van der Waals surface area (Å²) >= 11 is 0. The fourth-order valence-electron chi connectivity index (χ4n) is 2.58. The Balaban J connectivity index is 2.17. The Bertz CT molecular complexity index is 355. The molecule has 2 saturated heterocycles. The van der Waals surface area contributed by atoms with Crippen LogP contribution >= 0.6 is 0 Å². The molecule has 0 saturated carbocycles. The Kier molecular flexibility index (Phi) is 3.42. The number of hydrogen-bond donors (Lipinski definition) is 2. The summed E-state index contributed by atoms with van der Waals surface area (Å²) in [4.78, 5) is 35.6. The van der Waals surface area contributed by atoms with Crippen LogP contribution in [0.2, 0.25) is 0 Å². The van der Waals surface area contributed by atoms with Crippen molar-refractivity contribution in [1.29, 1.82) is 0 Å². The minimum atomic E-state index is -0.904. The summed E-state index contributed by atoms with van der Waals surface area (Å²) in [6.07, 6.45) is 3.34. The molecule has 2 heterocycles. The second-order valence-electron chi connectivity index (χ2n) is 4.57. The first kappa shape index (κ1) is 12.0. The van der Waals surface area contributed by atoms with Gasteiger partial charge in [0.25, 0.3) is 0 Å². The number of aliphatic carboxylic acids is 1. The summed E-state index contributed by atoms with van der Waals surface area (Å²) in [5.74, 6) is -1.57.